The van der Waals surface area contributed by atoms with E-state index in [-0.39, 0.29) is 5.75 Å². The van der Waals surface area contributed by atoms with Gasteiger partial charge in [0.2, 0.25) is 0 Å². The van der Waals surface area contributed by atoms with E-state index < -0.39 is 6.36 Å². The standard InChI is InChI=1S/C10H9F3O/c1-2-4-8-5-3-6-9(7-8)14-10(11,12)13/h1,3,5-7H,2,4H2. The molecule has 0 saturated heterocycles. The number of halogens is 3. The van der Waals surface area contributed by atoms with Crippen LogP contribution >= 0.6 is 0 Å². The Labute approximate surface area is 80.5 Å². The monoisotopic (exact) mass is 202 g/mol. The molecule has 0 saturated carbocycles. The highest BCUT2D eigenvalue weighted by atomic mass is 19.4. The first-order chi connectivity index (χ1) is 6.51. The maximum atomic E-state index is 11.8. The van der Waals surface area contributed by atoms with E-state index in [2.05, 4.69) is 4.74 Å². The van der Waals surface area contributed by atoms with Gasteiger partial charge in [0.05, 0.1) is 0 Å². The van der Waals surface area contributed by atoms with Gasteiger partial charge in [0.1, 0.15) is 5.75 Å². The summed E-state index contributed by atoms with van der Waals surface area (Å²) >= 11 is 0. The van der Waals surface area contributed by atoms with Gasteiger partial charge in [-0.2, -0.15) is 0 Å². The summed E-state index contributed by atoms with van der Waals surface area (Å²) in [5.74, 6) is -0.205. The molecule has 0 heterocycles. The van der Waals surface area contributed by atoms with Crippen molar-refractivity contribution in [3.05, 3.63) is 36.8 Å². The maximum absolute atomic E-state index is 11.8. The lowest BCUT2D eigenvalue weighted by molar-refractivity contribution is -0.274. The van der Waals surface area contributed by atoms with Crippen LogP contribution in [0.2, 0.25) is 0 Å². The maximum Gasteiger partial charge on any atom is 0.573 e. The van der Waals surface area contributed by atoms with Crippen LogP contribution in [0.15, 0.2) is 24.3 Å². The van der Waals surface area contributed by atoms with Crippen LogP contribution in [0, 0.1) is 6.92 Å². The van der Waals surface area contributed by atoms with Gasteiger partial charge in [-0.3, -0.25) is 0 Å². The normalized spacial score (nSPS) is 11.4. The van der Waals surface area contributed by atoms with Crippen LogP contribution in [0.1, 0.15) is 12.0 Å². The minimum absolute atomic E-state index is 0.205. The molecule has 76 valence electrons. The minimum atomic E-state index is -4.64. The van der Waals surface area contributed by atoms with Crippen molar-refractivity contribution < 1.29 is 17.9 Å². The van der Waals surface area contributed by atoms with Gasteiger partial charge in [0.15, 0.2) is 0 Å². The van der Waals surface area contributed by atoms with Crippen molar-refractivity contribution in [1.82, 2.24) is 0 Å². The fourth-order valence-electron chi connectivity index (χ4n) is 1.06. The summed E-state index contributed by atoms with van der Waals surface area (Å²) in [5.41, 5.74) is 0.731. The van der Waals surface area contributed by atoms with Gasteiger partial charge >= 0.3 is 6.36 Å². The molecule has 0 amide bonds. The highest BCUT2D eigenvalue weighted by molar-refractivity contribution is 5.28. The number of rotatable bonds is 3. The van der Waals surface area contributed by atoms with Crippen LogP contribution in [0.5, 0.6) is 5.75 Å². The second-order valence-electron chi connectivity index (χ2n) is 2.73. The number of alkyl halides is 3. The van der Waals surface area contributed by atoms with Crippen LogP contribution in [0.25, 0.3) is 0 Å². The quantitative estimate of drug-likeness (QED) is 0.731. The number of ether oxygens (including phenoxy) is 1. The highest BCUT2D eigenvalue weighted by Crippen LogP contribution is 2.23. The molecule has 1 aromatic carbocycles. The molecule has 1 rings (SSSR count). The van der Waals surface area contributed by atoms with Crippen molar-refractivity contribution in [2.45, 2.75) is 19.2 Å². The Balaban J connectivity index is 2.73. The van der Waals surface area contributed by atoms with Gasteiger partial charge < -0.3 is 4.74 Å². The fourth-order valence-corrected chi connectivity index (χ4v) is 1.06. The molecule has 0 bridgehead atoms. The molecule has 1 aromatic rings. The molecule has 14 heavy (non-hydrogen) atoms. The number of hydrogen-bond donors (Lipinski definition) is 0. The molecular weight excluding hydrogens is 193 g/mol. The van der Waals surface area contributed by atoms with E-state index >= 15 is 0 Å². The molecule has 0 N–H and O–H groups in total. The van der Waals surface area contributed by atoms with E-state index in [1.807, 2.05) is 0 Å². The topological polar surface area (TPSA) is 9.23 Å². The summed E-state index contributed by atoms with van der Waals surface area (Å²) in [6, 6.07) is 5.80. The minimum Gasteiger partial charge on any atom is -0.406 e. The number of benzene rings is 1. The zero-order valence-electron chi connectivity index (χ0n) is 7.34. The lowest BCUT2D eigenvalue weighted by Crippen LogP contribution is -2.17. The molecule has 1 nitrogen and oxygen atoms in total. The largest absolute Gasteiger partial charge is 0.573 e. The zero-order chi connectivity index (χ0) is 10.6. The van der Waals surface area contributed by atoms with Crippen molar-refractivity contribution in [2.24, 2.45) is 0 Å². The zero-order valence-corrected chi connectivity index (χ0v) is 7.34. The molecule has 0 unspecified atom stereocenters. The Morgan fingerprint density at radius 2 is 2.00 bits per heavy atom. The van der Waals surface area contributed by atoms with Crippen LogP contribution in [-0.2, 0) is 6.42 Å². The smallest absolute Gasteiger partial charge is 0.406 e. The van der Waals surface area contributed by atoms with Crippen molar-refractivity contribution >= 4 is 0 Å². The Morgan fingerprint density at radius 3 is 2.57 bits per heavy atom. The molecule has 0 spiro atoms. The van der Waals surface area contributed by atoms with E-state index in [0.29, 0.717) is 12.8 Å². The number of hydrogen-bond acceptors (Lipinski definition) is 1. The van der Waals surface area contributed by atoms with Gasteiger partial charge in [-0.1, -0.05) is 12.1 Å². The fraction of sp³-hybridized carbons (Fsp3) is 0.300. The molecule has 4 heteroatoms. The lowest BCUT2D eigenvalue weighted by Gasteiger charge is -2.09. The molecule has 0 atom stereocenters. The summed E-state index contributed by atoms with van der Waals surface area (Å²) in [6.07, 6.45) is -3.70. The third-order valence-corrected chi connectivity index (χ3v) is 1.57. The van der Waals surface area contributed by atoms with Crippen LogP contribution in [0.3, 0.4) is 0 Å². The van der Waals surface area contributed by atoms with Crippen molar-refractivity contribution in [3.8, 4) is 5.75 Å². The van der Waals surface area contributed by atoms with Crippen molar-refractivity contribution in [1.29, 1.82) is 0 Å². The highest BCUT2D eigenvalue weighted by Gasteiger charge is 2.30. The molecule has 0 aliphatic heterocycles. The molecule has 0 aromatic heterocycles. The van der Waals surface area contributed by atoms with E-state index in [4.69, 9.17) is 6.92 Å². The Kier molecular flexibility index (Phi) is 3.38. The lowest BCUT2D eigenvalue weighted by atomic mass is 10.1. The summed E-state index contributed by atoms with van der Waals surface area (Å²) < 4.78 is 39.2. The average Bonchev–Trinajstić information content (AvgIpc) is 2.02. The first-order valence-electron chi connectivity index (χ1n) is 4.06. The van der Waals surface area contributed by atoms with Crippen molar-refractivity contribution in [2.75, 3.05) is 0 Å². The average molecular weight is 202 g/mol. The van der Waals surface area contributed by atoms with E-state index in [0.717, 1.165) is 5.56 Å². The van der Waals surface area contributed by atoms with E-state index in [1.165, 1.54) is 18.2 Å². The van der Waals surface area contributed by atoms with Gasteiger partial charge in [-0.15, -0.1) is 13.2 Å². The predicted octanol–water partition coefficient (Wildman–Crippen LogP) is 3.23. The molecule has 0 fully saturated rings. The summed E-state index contributed by atoms with van der Waals surface area (Å²) in [5, 5.41) is 0. The first-order valence-corrected chi connectivity index (χ1v) is 4.06. The predicted molar refractivity (Wildman–Crippen MR) is 45.7 cm³/mol. The second-order valence-corrected chi connectivity index (χ2v) is 2.73. The number of aryl methyl sites for hydroxylation is 1. The van der Waals surface area contributed by atoms with Gasteiger partial charge in [0.25, 0.3) is 0 Å². The first kappa shape index (κ1) is 10.9. The second kappa shape index (κ2) is 4.35. The van der Waals surface area contributed by atoms with Crippen LogP contribution in [0.4, 0.5) is 13.2 Å². The Bertz CT molecular complexity index is 294. The SMILES string of the molecule is [CH]CCc1cccc(OC(F)(F)F)c1. The third-order valence-electron chi connectivity index (χ3n) is 1.57. The van der Waals surface area contributed by atoms with E-state index in [1.54, 1.807) is 6.07 Å². The van der Waals surface area contributed by atoms with Gasteiger partial charge in [0, 0.05) is 0 Å². The Hall–Kier alpha value is -1.19. The summed E-state index contributed by atoms with van der Waals surface area (Å²) in [4.78, 5) is 0. The third kappa shape index (κ3) is 3.68. The van der Waals surface area contributed by atoms with Crippen LogP contribution in [-0.4, -0.2) is 6.36 Å². The summed E-state index contributed by atoms with van der Waals surface area (Å²) in [6.45, 7) is 5.27. The Morgan fingerprint density at radius 1 is 1.29 bits per heavy atom. The molecule has 0 aliphatic carbocycles. The molecule has 0 aliphatic rings. The van der Waals surface area contributed by atoms with Crippen LogP contribution < -0.4 is 4.74 Å². The molecule has 2 radical (unpaired) electrons. The molecular formula is C10H9F3O. The van der Waals surface area contributed by atoms with E-state index in [9.17, 15) is 13.2 Å². The van der Waals surface area contributed by atoms with Gasteiger partial charge in [-0.05, 0) is 37.5 Å². The van der Waals surface area contributed by atoms with Gasteiger partial charge in [-0.25, -0.2) is 0 Å². The summed E-state index contributed by atoms with van der Waals surface area (Å²) in [7, 11) is 0. The van der Waals surface area contributed by atoms with Crippen molar-refractivity contribution in [3.63, 3.8) is 0 Å².